The number of pyridine rings is 1. The number of para-hydroxylation sites is 1. The van der Waals surface area contributed by atoms with Gasteiger partial charge in [0.15, 0.2) is 0 Å². The van der Waals surface area contributed by atoms with Gasteiger partial charge in [0, 0.05) is 50.4 Å². The average molecular weight is 477 g/mol. The largest absolute Gasteiger partial charge is 0.465 e. The molecule has 7 heteroatoms. The molecule has 0 radical (unpaired) electrons. The number of benzene rings is 2. The Morgan fingerprint density at radius 3 is 2.49 bits per heavy atom. The maximum Gasteiger partial charge on any atom is 0.407 e. The van der Waals surface area contributed by atoms with Crippen molar-refractivity contribution in [2.75, 3.05) is 44.0 Å². The maximum absolute atomic E-state index is 11.8. The summed E-state index contributed by atoms with van der Waals surface area (Å²) in [6, 6.07) is 20.6. The van der Waals surface area contributed by atoms with Crippen LogP contribution in [0, 0.1) is 5.92 Å². The molecule has 0 atom stereocenters. The Hall–Kier alpha value is -3.32. The molecule has 0 bridgehead atoms. The van der Waals surface area contributed by atoms with Gasteiger partial charge in [0.1, 0.15) is 5.82 Å². The number of nitrogens with zero attached hydrogens (tertiary/aromatic N) is 3. The van der Waals surface area contributed by atoms with E-state index in [1.807, 2.05) is 42.5 Å². The predicted molar refractivity (Wildman–Crippen MR) is 141 cm³/mol. The van der Waals surface area contributed by atoms with Gasteiger partial charge in [0.2, 0.25) is 0 Å². The molecule has 3 aromatic rings. The lowest BCUT2D eigenvalue weighted by Gasteiger charge is -2.32. The molecule has 1 aromatic heterocycles. The molecule has 1 aliphatic rings. The van der Waals surface area contributed by atoms with Crippen LogP contribution >= 0.6 is 0 Å². The van der Waals surface area contributed by atoms with Crippen molar-refractivity contribution in [3.05, 3.63) is 66.2 Å². The van der Waals surface area contributed by atoms with E-state index in [9.17, 15) is 9.90 Å². The average Bonchev–Trinajstić information content (AvgIpc) is 2.87. The molecule has 2 N–H and O–H groups in total. The molecular formula is C28H36N4O3. The van der Waals surface area contributed by atoms with Crippen LogP contribution in [0.2, 0.25) is 0 Å². The summed E-state index contributed by atoms with van der Waals surface area (Å²) in [5, 5.41) is 14.5. The number of carbonyl (C=O) groups is 1. The molecule has 1 heterocycles. The van der Waals surface area contributed by atoms with Gasteiger partial charge in [-0.2, -0.15) is 0 Å². The Balaban J connectivity index is 1.26. The van der Waals surface area contributed by atoms with Crippen molar-refractivity contribution in [1.29, 1.82) is 0 Å². The summed E-state index contributed by atoms with van der Waals surface area (Å²) in [6.45, 7) is 1.87. The van der Waals surface area contributed by atoms with Crippen molar-refractivity contribution in [3.63, 3.8) is 0 Å². The van der Waals surface area contributed by atoms with Gasteiger partial charge in [-0.1, -0.05) is 48.5 Å². The molecule has 0 saturated heterocycles. The summed E-state index contributed by atoms with van der Waals surface area (Å²) in [5.41, 5.74) is 3.23. The Morgan fingerprint density at radius 2 is 1.77 bits per heavy atom. The smallest absolute Gasteiger partial charge is 0.407 e. The predicted octanol–water partition coefficient (Wildman–Crippen LogP) is 5.47. The first-order valence-electron chi connectivity index (χ1n) is 12.4. The first kappa shape index (κ1) is 24.8. The van der Waals surface area contributed by atoms with Crippen LogP contribution in [0.3, 0.4) is 0 Å². The lowest BCUT2D eigenvalue weighted by atomic mass is 9.85. The number of hydrogen-bond acceptors (Lipinski definition) is 5. The Morgan fingerprint density at radius 1 is 1.06 bits per heavy atom. The number of fused-ring (bicyclic) bond motifs is 1. The highest BCUT2D eigenvalue weighted by Crippen LogP contribution is 2.30. The first-order chi connectivity index (χ1) is 17.0. The van der Waals surface area contributed by atoms with Crippen molar-refractivity contribution < 1.29 is 14.6 Å². The lowest BCUT2D eigenvalue weighted by Crippen LogP contribution is -2.39. The fourth-order valence-corrected chi connectivity index (χ4v) is 4.82. The fraction of sp³-hybridized carbons (Fsp3) is 0.429. The van der Waals surface area contributed by atoms with E-state index in [2.05, 4.69) is 42.5 Å². The van der Waals surface area contributed by atoms with Crippen LogP contribution in [0.1, 0.15) is 31.2 Å². The van der Waals surface area contributed by atoms with Crippen LogP contribution in [0.4, 0.5) is 16.3 Å². The number of amides is 1. The Kier molecular flexibility index (Phi) is 8.42. The Labute approximate surface area is 207 Å². The highest BCUT2D eigenvalue weighted by molar-refractivity contribution is 5.93. The van der Waals surface area contributed by atoms with Crippen LogP contribution in [0.15, 0.2) is 60.7 Å². The van der Waals surface area contributed by atoms with Crippen molar-refractivity contribution >= 4 is 28.5 Å². The van der Waals surface area contributed by atoms with Gasteiger partial charge in [-0.25, -0.2) is 9.78 Å². The number of ether oxygens (including phenoxy) is 1. The van der Waals surface area contributed by atoms with Crippen LogP contribution in [-0.4, -0.2) is 60.9 Å². The zero-order chi connectivity index (χ0) is 24.6. The molecule has 2 aromatic carbocycles. The van der Waals surface area contributed by atoms with Crippen LogP contribution < -0.4 is 10.2 Å². The van der Waals surface area contributed by atoms with Gasteiger partial charge in [-0.3, -0.25) is 0 Å². The number of carboxylic acid groups (broad SMARTS) is 1. The summed E-state index contributed by atoms with van der Waals surface area (Å²) in [4.78, 5) is 20.2. The second-order valence-corrected chi connectivity index (χ2v) is 9.57. The highest BCUT2D eigenvalue weighted by Gasteiger charge is 2.25. The van der Waals surface area contributed by atoms with E-state index in [4.69, 9.17) is 9.72 Å². The van der Waals surface area contributed by atoms with E-state index in [-0.39, 0.29) is 0 Å². The minimum absolute atomic E-state index is 0.349. The zero-order valence-corrected chi connectivity index (χ0v) is 20.7. The minimum atomic E-state index is -0.870. The van der Waals surface area contributed by atoms with Crippen molar-refractivity contribution in [2.24, 2.45) is 5.92 Å². The van der Waals surface area contributed by atoms with Crippen molar-refractivity contribution in [3.8, 4) is 0 Å². The fourth-order valence-electron chi connectivity index (χ4n) is 4.82. The van der Waals surface area contributed by atoms with E-state index >= 15 is 0 Å². The zero-order valence-electron chi connectivity index (χ0n) is 20.7. The van der Waals surface area contributed by atoms with Gasteiger partial charge >= 0.3 is 6.09 Å². The molecule has 35 heavy (non-hydrogen) atoms. The first-order valence-corrected chi connectivity index (χ1v) is 12.4. The van der Waals surface area contributed by atoms with Gasteiger partial charge in [0.05, 0.1) is 18.7 Å². The molecule has 0 spiro atoms. The summed E-state index contributed by atoms with van der Waals surface area (Å²) in [5.74, 6) is 1.28. The van der Waals surface area contributed by atoms with E-state index in [1.165, 1.54) is 4.90 Å². The summed E-state index contributed by atoms with van der Waals surface area (Å²) < 4.78 is 5.70. The molecule has 4 rings (SSSR count). The topological polar surface area (TPSA) is 77.9 Å². The number of aromatic nitrogens is 1. The number of rotatable bonds is 10. The van der Waals surface area contributed by atoms with E-state index in [0.717, 1.165) is 53.7 Å². The van der Waals surface area contributed by atoms with Crippen LogP contribution in [0.5, 0.6) is 0 Å². The molecule has 1 fully saturated rings. The third-order valence-electron chi connectivity index (χ3n) is 6.74. The van der Waals surface area contributed by atoms with E-state index in [1.54, 1.807) is 0 Å². The molecule has 7 nitrogen and oxygen atoms in total. The van der Waals surface area contributed by atoms with Gasteiger partial charge < -0.3 is 25.0 Å². The lowest BCUT2D eigenvalue weighted by molar-refractivity contribution is 0.0780. The van der Waals surface area contributed by atoms with Crippen LogP contribution in [-0.2, 0) is 11.3 Å². The van der Waals surface area contributed by atoms with Gasteiger partial charge in [-0.15, -0.1) is 0 Å². The third-order valence-corrected chi connectivity index (χ3v) is 6.74. The monoisotopic (exact) mass is 476 g/mol. The van der Waals surface area contributed by atoms with Gasteiger partial charge in [0.25, 0.3) is 0 Å². The number of anilines is 2. The summed E-state index contributed by atoms with van der Waals surface area (Å²) in [7, 11) is 4.11. The van der Waals surface area contributed by atoms with Crippen molar-refractivity contribution in [1.82, 2.24) is 9.88 Å². The molecule has 1 amide bonds. The molecule has 1 aliphatic carbocycles. The van der Waals surface area contributed by atoms with E-state index < -0.39 is 6.09 Å². The maximum atomic E-state index is 11.8. The number of nitrogens with one attached hydrogen (secondary N) is 1. The van der Waals surface area contributed by atoms with Gasteiger partial charge in [-0.05, 0) is 43.2 Å². The second-order valence-electron chi connectivity index (χ2n) is 9.57. The molecular weight excluding hydrogens is 440 g/mol. The van der Waals surface area contributed by atoms with Crippen LogP contribution in [0.25, 0.3) is 10.9 Å². The van der Waals surface area contributed by atoms with Crippen molar-refractivity contribution in [2.45, 2.75) is 38.3 Å². The third kappa shape index (κ3) is 6.85. The summed E-state index contributed by atoms with van der Waals surface area (Å²) in [6.07, 6.45) is 3.15. The standard InChI is InChI=1S/C28H36N4O3/c1-31(2)26-18-27(30-25-11-7-6-10-24(25)26)29-23-14-12-21(13-15-23)19-32(28(33)34)16-17-35-20-22-8-4-3-5-9-22/h3-11,18,21,23H,12-17,19-20H2,1-2H3,(H,29,30)(H,33,34)/t21-,23+. The quantitative estimate of drug-likeness (QED) is 0.378. The SMILES string of the molecule is CN(C)c1cc(N[C@H]2CC[C@@H](CN(CCOCc3ccccc3)C(=O)O)CC2)nc2ccccc12. The molecule has 1 saturated carbocycles. The summed E-state index contributed by atoms with van der Waals surface area (Å²) >= 11 is 0. The molecule has 0 aliphatic heterocycles. The normalized spacial score (nSPS) is 17.8. The second kappa shape index (κ2) is 11.9. The van der Waals surface area contributed by atoms with E-state index in [0.29, 0.717) is 38.3 Å². The number of hydrogen-bond donors (Lipinski definition) is 2. The minimum Gasteiger partial charge on any atom is -0.465 e. The highest BCUT2D eigenvalue weighted by atomic mass is 16.5. The molecule has 0 unspecified atom stereocenters. The molecule has 186 valence electrons. The Bertz CT molecular complexity index is 1100.